The zero-order valence-electron chi connectivity index (χ0n) is 15.9. The summed E-state index contributed by atoms with van der Waals surface area (Å²) >= 11 is 1.77. The van der Waals surface area contributed by atoms with Crippen molar-refractivity contribution in [1.29, 1.82) is 0 Å². The molecule has 1 aliphatic heterocycles. The van der Waals surface area contributed by atoms with E-state index in [1.54, 1.807) is 11.3 Å². The predicted octanol–water partition coefficient (Wildman–Crippen LogP) is 4.35. The molecule has 1 atom stereocenters. The van der Waals surface area contributed by atoms with Gasteiger partial charge in [0.05, 0.1) is 6.54 Å². The van der Waals surface area contributed by atoms with Crippen LogP contribution in [0.25, 0.3) is 0 Å². The summed E-state index contributed by atoms with van der Waals surface area (Å²) in [7, 11) is 0. The first-order chi connectivity index (χ1) is 13.9. The van der Waals surface area contributed by atoms with Gasteiger partial charge in [-0.05, 0) is 45.0 Å². The second-order valence-corrected chi connectivity index (χ2v) is 8.07. The maximum absolute atomic E-state index is 4.47. The smallest absolute Gasteiger partial charge is 0.174 e. The summed E-state index contributed by atoms with van der Waals surface area (Å²) in [5, 5.41) is 14.9. The molecule has 0 spiro atoms. The number of nitrogens with zero attached hydrogens (tertiary/aromatic N) is 5. The molecule has 0 aliphatic carbocycles. The van der Waals surface area contributed by atoms with E-state index in [-0.39, 0.29) is 18.4 Å². The average Bonchev–Trinajstić information content (AvgIpc) is 3.42. The molecule has 0 saturated carbocycles. The van der Waals surface area contributed by atoms with Crippen molar-refractivity contribution in [3.63, 3.8) is 0 Å². The SMILES string of the molecule is Cl.c1ccc(Cn2nnnc2C(c2cccs2)N2CCc3ccccc3C2)cc1. The molecule has 5 rings (SSSR count). The number of hydrogen-bond donors (Lipinski definition) is 0. The van der Waals surface area contributed by atoms with E-state index in [4.69, 9.17) is 0 Å². The van der Waals surface area contributed by atoms with Crippen LogP contribution >= 0.6 is 23.7 Å². The first-order valence-electron chi connectivity index (χ1n) is 9.53. The van der Waals surface area contributed by atoms with Crippen LogP contribution in [-0.2, 0) is 19.5 Å². The van der Waals surface area contributed by atoms with Crippen LogP contribution in [0, 0.1) is 0 Å². The monoisotopic (exact) mass is 423 g/mol. The van der Waals surface area contributed by atoms with E-state index >= 15 is 0 Å². The zero-order valence-corrected chi connectivity index (χ0v) is 17.5. The second-order valence-electron chi connectivity index (χ2n) is 7.09. The van der Waals surface area contributed by atoms with Gasteiger partial charge in [-0.1, -0.05) is 60.7 Å². The minimum Gasteiger partial charge on any atom is -0.284 e. The largest absolute Gasteiger partial charge is 0.284 e. The molecule has 148 valence electrons. The summed E-state index contributed by atoms with van der Waals surface area (Å²) < 4.78 is 1.94. The Morgan fingerprint density at radius 1 is 0.931 bits per heavy atom. The summed E-state index contributed by atoms with van der Waals surface area (Å²) in [5.74, 6) is 0.908. The van der Waals surface area contributed by atoms with Gasteiger partial charge in [-0.3, -0.25) is 4.90 Å². The molecule has 0 amide bonds. The minimum atomic E-state index is 0. The van der Waals surface area contributed by atoms with Crippen molar-refractivity contribution in [1.82, 2.24) is 25.1 Å². The number of rotatable bonds is 5. The number of fused-ring (bicyclic) bond motifs is 1. The summed E-state index contributed by atoms with van der Waals surface area (Å²) in [5.41, 5.74) is 4.05. The molecule has 7 heteroatoms. The molecule has 2 aromatic carbocycles. The third kappa shape index (κ3) is 4.10. The molecular formula is C22H22ClN5S. The van der Waals surface area contributed by atoms with E-state index in [1.165, 1.54) is 21.6 Å². The third-order valence-electron chi connectivity index (χ3n) is 5.32. The average molecular weight is 424 g/mol. The maximum Gasteiger partial charge on any atom is 0.174 e. The van der Waals surface area contributed by atoms with Gasteiger partial charge in [0.15, 0.2) is 5.82 Å². The molecule has 0 bridgehead atoms. The molecule has 29 heavy (non-hydrogen) atoms. The highest BCUT2D eigenvalue weighted by Gasteiger charge is 2.31. The van der Waals surface area contributed by atoms with Crippen molar-refractivity contribution in [2.24, 2.45) is 0 Å². The van der Waals surface area contributed by atoms with E-state index in [0.29, 0.717) is 6.54 Å². The summed E-state index contributed by atoms with van der Waals surface area (Å²) in [6.07, 6.45) is 1.05. The molecule has 0 N–H and O–H groups in total. The minimum absolute atomic E-state index is 0. The van der Waals surface area contributed by atoms with Gasteiger partial charge in [-0.2, -0.15) is 0 Å². The van der Waals surface area contributed by atoms with Crippen LogP contribution in [0.15, 0.2) is 72.1 Å². The Bertz CT molecular complexity index is 1050. The van der Waals surface area contributed by atoms with Crippen molar-refractivity contribution >= 4 is 23.7 Å². The van der Waals surface area contributed by atoms with Crippen LogP contribution in [0.1, 0.15) is 33.4 Å². The molecule has 0 fully saturated rings. The highest BCUT2D eigenvalue weighted by Crippen LogP contribution is 2.34. The molecular weight excluding hydrogens is 402 g/mol. The summed E-state index contributed by atoms with van der Waals surface area (Å²) in [6.45, 7) is 2.59. The number of benzene rings is 2. The molecule has 4 aromatic rings. The van der Waals surface area contributed by atoms with Crippen molar-refractivity contribution in [2.45, 2.75) is 25.6 Å². The quantitative estimate of drug-likeness (QED) is 0.478. The number of halogens is 1. The highest BCUT2D eigenvalue weighted by atomic mass is 35.5. The van der Waals surface area contributed by atoms with Gasteiger partial charge >= 0.3 is 0 Å². The fourth-order valence-corrected chi connectivity index (χ4v) is 4.79. The van der Waals surface area contributed by atoms with E-state index in [0.717, 1.165) is 25.3 Å². The lowest BCUT2D eigenvalue weighted by Crippen LogP contribution is -2.36. The number of hydrogen-bond acceptors (Lipinski definition) is 5. The Kier molecular flexibility index (Phi) is 6.04. The van der Waals surface area contributed by atoms with Crippen molar-refractivity contribution in [3.8, 4) is 0 Å². The van der Waals surface area contributed by atoms with E-state index < -0.39 is 0 Å². The van der Waals surface area contributed by atoms with Crippen LogP contribution < -0.4 is 0 Å². The van der Waals surface area contributed by atoms with Crippen molar-refractivity contribution in [3.05, 3.63) is 99.5 Å². The fraction of sp³-hybridized carbons (Fsp3) is 0.227. The Balaban J connectivity index is 0.00000205. The Labute approximate surface area is 180 Å². The lowest BCUT2D eigenvalue weighted by molar-refractivity contribution is 0.197. The molecule has 3 heterocycles. The van der Waals surface area contributed by atoms with E-state index in [2.05, 4.69) is 86.5 Å². The van der Waals surface area contributed by atoms with Crippen LogP contribution in [0.2, 0.25) is 0 Å². The Morgan fingerprint density at radius 3 is 2.52 bits per heavy atom. The van der Waals surface area contributed by atoms with Crippen LogP contribution in [0.4, 0.5) is 0 Å². The van der Waals surface area contributed by atoms with Gasteiger partial charge in [0.1, 0.15) is 6.04 Å². The third-order valence-corrected chi connectivity index (χ3v) is 6.24. The summed E-state index contributed by atoms with van der Waals surface area (Å²) in [4.78, 5) is 3.78. The van der Waals surface area contributed by atoms with Gasteiger partial charge in [0.2, 0.25) is 0 Å². The first kappa shape index (κ1) is 19.8. The lowest BCUT2D eigenvalue weighted by Gasteiger charge is -2.34. The number of thiophene rings is 1. The predicted molar refractivity (Wildman–Crippen MR) is 117 cm³/mol. The number of tetrazole rings is 1. The van der Waals surface area contributed by atoms with Crippen molar-refractivity contribution < 1.29 is 0 Å². The van der Waals surface area contributed by atoms with Gasteiger partial charge in [-0.15, -0.1) is 28.8 Å². The lowest BCUT2D eigenvalue weighted by atomic mass is 9.98. The van der Waals surface area contributed by atoms with Gasteiger partial charge in [0.25, 0.3) is 0 Å². The number of aromatic nitrogens is 4. The van der Waals surface area contributed by atoms with E-state index in [1.807, 2.05) is 10.7 Å². The highest BCUT2D eigenvalue weighted by molar-refractivity contribution is 7.10. The Hall–Kier alpha value is -2.54. The molecule has 1 unspecified atom stereocenters. The summed E-state index contributed by atoms with van der Waals surface area (Å²) in [6, 6.07) is 23.5. The van der Waals surface area contributed by atoms with Gasteiger partial charge in [0, 0.05) is 18.0 Å². The molecule has 2 aromatic heterocycles. The zero-order chi connectivity index (χ0) is 18.8. The molecule has 5 nitrogen and oxygen atoms in total. The van der Waals surface area contributed by atoms with Crippen LogP contribution in [0.5, 0.6) is 0 Å². The fourth-order valence-electron chi connectivity index (χ4n) is 3.93. The van der Waals surface area contributed by atoms with Crippen LogP contribution in [-0.4, -0.2) is 31.7 Å². The molecule has 0 radical (unpaired) electrons. The second kappa shape index (κ2) is 8.86. The van der Waals surface area contributed by atoms with Crippen LogP contribution in [0.3, 0.4) is 0 Å². The standard InChI is InChI=1S/C22H21N5S.ClH/c1-2-7-17(8-3-1)15-27-22(23-24-25-27)21(20-11-6-14-28-20)26-13-12-18-9-4-5-10-19(18)16-26;/h1-11,14,21H,12-13,15-16H2;1H. The molecule has 0 saturated heterocycles. The topological polar surface area (TPSA) is 46.8 Å². The van der Waals surface area contributed by atoms with Gasteiger partial charge < -0.3 is 0 Å². The first-order valence-corrected chi connectivity index (χ1v) is 10.4. The maximum atomic E-state index is 4.47. The van der Waals surface area contributed by atoms with E-state index in [9.17, 15) is 0 Å². The van der Waals surface area contributed by atoms with Gasteiger partial charge in [-0.25, -0.2) is 4.68 Å². The normalized spacial score (nSPS) is 14.8. The molecule has 1 aliphatic rings. The Morgan fingerprint density at radius 2 is 1.72 bits per heavy atom. The van der Waals surface area contributed by atoms with Crippen molar-refractivity contribution in [2.75, 3.05) is 6.54 Å².